The monoisotopic (exact) mass is 381 g/mol. The molecule has 4 rings (SSSR count). The van der Waals surface area contributed by atoms with Crippen LogP contribution in [0.15, 0.2) is 18.6 Å². The van der Waals surface area contributed by atoms with Gasteiger partial charge < -0.3 is 9.47 Å². The van der Waals surface area contributed by atoms with Gasteiger partial charge in [0.25, 0.3) is 0 Å². The molecule has 2 fully saturated rings. The van der Waals surface area contributed by atoms with Gasteiger partial charge in [-0.3, -0.25) is 9.78 Å². The molecule has 28 heavy (non-hydrogen) atoms. The molecule has 0 aromatic carbocycles. The van der Waals surface area contributed by atoms with Crippen molar-refractivity contribution in [2.24, 2.45) is 18.9 Å². The summed E-state index contributed by atoms with van der Waals surface area (Å²) >= 11 is 0. The van der Waals surface area contributed by atoms with Crippen LogP contribution in [0.2, 0.25) is 0 Å². The molecule has 2 aromatic rings. The van der Waals surface area contributed by atoms with Crippen LogP contribution in [0.5, 0.6) is 0 Å². The van der Waals surface area contributed by atoms with Crippen molar-refractivity contribution in [1.29, 1.82) is 0 Å². The maximum atomic E-state index is 12.9. The molecule has 6 heteroatoms. The van der Waals surface area contributed by atoms with Crippen LogP contribution in [0.3, 0.4) is 0 Å². The van der Waals surface area contributed by atoms with Crippen molar-refractivity contribution in [1.82, 2.24) is 24.4 Å². The van der Waals surface area contributed by atoms with Crippen LogP contribution in [0, 0.1) is 18.8 Å². The number of aromatic nitrogens is 4. The summed E-state index contributed by atoms with van der Waals surface area (Å²) in [4.78, 5) is 28.7. The number of carbonyl (C=O) groups excluding carboxylic acids is 1. The molecule has 1 aliphatic carbocycles. The number of aryl methyl sites for hydroxylation is 1. The lowest BCUT2D eigenvalue weighted by molar-refractivity contribution is -0.138. The van der Waals surface area contributed by atoms with E-state index in [2.05, 4.69) is 14.9 Å². The highest BCUT2D eigenvalue weighted by molar-refractivity contribution is 5.79. The number of piperidine rings is 1. The Labute approximate surface area is 167 Å². The number of hydrogen-bond donors (Lipinski definition) is 0. The van der Waals surface area contributed by atoms with Gasteiger partial charge in [0.2, 0.25) is 5.91 Å². The molecule has 0 unspecified atom stereocenters. The van der Waals surface area contributed by atoms with Gasteiger partial charge in [0.15, 0.2) is 0 Å². The van der Waals surface area contributed by atoms with Gasteiger partial charge in [-0.25, -0.2) is 9.97 Å². The minimum Gasteiger partial charge on any atom is -0.342 e. The number of likely N-dealkylation sites (tertiary alicyclic amines) is 1. The molecule has 3 heterocycles. The average Bonchev–Trinajstić information content (AvgIpc) is 3.07. The zero-order chi connectivity index (χ0) is 19.5. The Balaban J connectivity index is 1.42. The number of hydrogen-bond acceptors (Lipinski definition) is 4. The van der Waals surface area contributed by atoms with Crippen LogP contribution in [0.25, 0.3) is 11.4 Å². The van der Waals surface area contributed by atoms with E-state index in [9.17, 15) is 4.79 Å². The fourth-order valence-corrected chi connectivity index (χ4v) is 4.70. The maximum Gasteiger partial charge on any atom is 0.225 e. The molecule has 2 aliphatic rings. The second-order valence-electron chi connectivity index (χ2n) is 8.48. The van der Waals surface area contributed by atoms with Gasteiger partial charge in [0.1, 0.15) is 11.5 Å². The summed E-state index contributed by atoms with van der Waals surface area (Å²) in [5.41, 5.74) is 2.87. The zero-order valence-corrected chi connectivity index (χ0v) is 17.1. The lowest BCUT2D eigenvalue weighted by Crippen LogP contribution is -2.44. The molecule has 0 spiro atoms. The van der Waals surface area contributed by atoms with Gasteiger partial charge in [-0.15, -0.1) is 0 Å². The van der Waals surface area contributed by atoms with E-state index in [1.807, 2.05) is 30.9 Å². The van der Waals surface area contributed by atoms with Crippen molar-refractivity contribution in [3.05, 3.63) is 30.1 Å². The topological polar surface area (TPSA) is 63.9 Å². The third-order valence-electron chi connectivity index (χ3n) is 6.45. The molecular weight excluding hydrogens is 350 g/mol. The number of carbonyl (C=O) groups is 1. The normalized spacial score (nSPS) is 21.1. The molecule has 0 radical (unpaired) electrons. The van der Waals surface area contributed by atoms with Gasteiger partial charge >= 0.3 is 0 Å². The van der Waals surface area contributed by atoms with Gasteiger partial charge in [0.05, 0.1) is 23.8 Å². The molecule has 1 atom stereocenters. The van der Waals surface area contributed by atoms with Crippen LogP contribution in [-0.2, 0) is 18.3 Å². The number of imidazole rings is 1. The first kappa shape index (κ1) is 19.1. The minimum atomic E-state index is 0.267. The van der Waals surface area contributed by atoms with Gasteiger partial charge in [-0.1, -0.05) is 19.3 Å². The highest BCUT2D eigenvalue weighted by Crippen LogP contribution is 2.28. The van der Waals surface area contributed by atoms with Crippen molar-refractivity contribution >= 4 is 5.91 Å². The lowest BCUT2D eigenvalue weighted by Gasteiger charge is -2.36. The summed E-state index contributed by atoms with van der Waals surface area (Å²) in [5, 5.41) is 0. The molecule has 1 saturated heterocycles. The van der Waals surface area contributed by atoms with Crippen molar-refractivity contribution in [3.63, 3.8) is 0 Å². The summed E-state index contributed by atoms with van der Waals surface area (Å²) in [6.45, 7) is 3.78. The minimum absolute atomic E-state index is 0.267. The Hall–Kier alpha value is -2.24. The fourth-order valence-electron chi connectivity index (χ4n) is 4.70. The largest absolute Gasteiger partial charge is 0.342 e. The first-order valence-corrected chi connectivity index (χ1v) is 10.7. The van der Waals surface area contributed by atoms with Crippen molar-refractivity contribution < 1.29 is 4.79 Å². The van der Waals surface area contributed by atoms with Crippen LogP contribution in [0.4, 0.5) is 0 Å². The summed E-state index contributed by atoms with van der Waals surface area (Å²) in [7, 11) is 2.00. The first-order chi connectivity index (χ1) is 13.6. The fraction of sp³-hybridized carbons (Fsp3) is 0.636. The van der Waals surface area contributed by atoms with E-state index in [4.69, 9.17) is 4.98 Å². The quantitative estimate of drug-likeness (QED) is 0.812. The van der Waals surface area contributed by atoms with Crippen molar-refractivity contribution in [2.45, 2.75) is 58.3 Å². The highest BCUT2D eigenvalue weighted by Gasteiger charge is 2.30. The molecule has 2 aromatic heterocycles. The Kier molecular flexibility index (Phi) is 5.74. The SMILES string of the molecule is Cc1ncc(-c2cncc(C[C@@H]3CCCN(C(=O)C4CCCCC4)C3)n2)n1C. The summed E-state index contributed by atoms with van der Waals surface area (Å²) in [5.74, 6) is 2.10. The second-order valence-corrected chi connectivity index (χ2v) is 8.48. The molecule has 0 bridgehead atoms. The average molecular weight is 382 g/mol. The van der Waals surface area contributed by atoms with Crippen LogP contribution in [-0.4, -0.2) is 43.4 Å². The highest BCUT2D eigenvalue weighted by atomic mass is 16.2. The van der Waals surface area contributed by atoms with Crippen molar-refractivity contribution in [2.75, 3.05) is 13.1 Å². The Morgan fingerprint density at radius 3 is 2.68 bits per heavy atom. The van der Waals surface area contributed by atoms with Gasteiger partial charge in [0, 0.05) is 32.3 Å². The number of nitrogens with zero attached hydrogens (tertiary/aromatic N) is 5. The predicted molar refractivity (Wildman–Crippen MR) is 109 cm³/mol. The predicted octanol–water partition coefficient (Wildman–Crippen LogP) is 3.55. The zero-order valence-electron chi connectivity index (χ0n) is 17.1. The lowest BCUT2D eigenvalue weighted by atomic mass is 9.86. The van der Waals surface area contributed by atoms with Crippen LogP contribution >= 0.6 is 0 Å². The van der Waals surface area contributed by atoms with E-state index in [0.29, 0.717) is 11.8 Å². The van der Waals surface area contributed by atoms with E-state index >= 15 is 0 Å². The summed E-state index contributed by atoms with van der Waals surface area (Å²) in [6, 6.07) is 0. The van der Waals surface area contributed by atoms with E-state index in [1.165, 1.54) is 19.3 Å². The summed E-state index contributed by atoms with van der Waals surface area (Å²) < 4.78 is 2.04. The third kappa shape index (κ3) is 4.10. The van der Waals surface area contributed by atoms with Crippen LogP contribution in [0.1, 0.15) is 56.5 Å². The van der Waals surface area contributed by atoms with E-state index in [1.54, 1.807) is 6.20 Å². The molecule has 0 N–H and O–H groups in total. The Morgan fingerprint density at radius 1 is 1.11 bits per heavy atom. The summed E-state index contributed by atoms with van der Waals surface area (Å²) in [6.07, 6.45) is 14.5. The molecule has 1 amide bonds. The van der Waals surface area contributed by atoms with Crippen molar-refractivity contribution in [3.8, 4) is 11.4 Å². The smallest absolute Gasteiger partial charge is 0.225 e. The molecule has 150 valence electrons. The number of amides is 1. The number of rotatable bonds is 4. The van der Waals surface area contributed by atoms with E-state index in [0.717, 1.165) is 68.1 Å². The van der Waals surface area contributed by atoms with E-state index < -0.39 is 0 Å². The maximum absolute atomic E-state index is 12.9. The van der Waals surface area contributed by atoms with Gasteiger partial charge in [-0.2, -0.15) is 0 Å². The van der Waals surface area contributed by atoms with Crippen LogP contribution < -0.4 is 0 Å². The molecule has 1 saturated carbocycles. The van der Waals surface area contributed by atoms with Gasteiger partial charge in [-0.05, 0) is 44.9 Å². The molecule has 1 aliphatic heterocycles. The Morgan fingerprint density at radius 2 is 1.93 bits per heavy atom. The standard InChI is InChI=1S/C22H31N5O/c1-16-24-14-21(26(16)2)20-13-23-12-19(25-20)11-17-7-6-10-27(15-17)22(28)18-8-4-3-5-9-18/h12-14,17-18H,3-11,15H2,1-2H3/t17-/m0/s1. The molecule has 6 nitrogen and oxygen atoms in total. The first-order valence-electron chi connectivity index (χ1n) is 10.7. The molecular formula is C22H31N5O. The Bertz CT molecular complexity index is 824. The third-order valence-corrected chi connectivity index (χ3v) is 6.45. The van der Waals surface area contributed by atoms with E-state index in [-0.39, 0.29) is 5.92 Å². The second kappa shape index (κ2) is 8.41.